The lowest BCUT2D eigenvalue weighted by atomic mass is 9.86. The minimum Gasteiger partial charge on any atom is -0.508 e. The zero-order valence-electron chi connectivity index (χ0n) is 28.2. The second kappa shape index (κ2) is 15.7. The Bertz CT molecular complexity index is 1900. The summed E-state index contributed by atoms with van der Waals surface area (Å²) < 4.78 is 5.94. The van der Waals surface area contributed by atoms with Gasteiger partial charge < -0.3 is 35.4 Å². The van der Waals surface area contributed by atoms with E-state index in [1.807, 2.05) is 17.0 Å². The second-order valence-electron chi connectivity index (χ2n) is 13.2. The number of carbonyl (C=O) groups is 3. The van der Waals surface area contributed by atoms with E-state index < -0.39 is 17.7 Å². The molecule has 5 N–H and O–H groups in total. The van der Waals surface area contributed by atoms with Gasteiger partial charge in [0.25, 0.3) is 5.91 Å². The Morgan fingerprint density at radius 2 is 1.65 bits per heavy atom. The van der Waals surface area contributed by atoms with Gasteiger partial charge in [0, 0.05) is 42.7 Å². The van der Waals surface area contributed by atoms with Gasteiger partial charge in [0.1, 0.15) is 18.1 Å². The number of ether oxygens (including phenoxy) is 1. The summed E-state index contributed by atoms with van der Waals surface area (Å²) in [4.78, 5) is 39.1. The van der Waals surface area contributed by atoms with Gasteiger partial charge in [-0.15, -0.1) is 0 Å². The Morgan fingerprint density at radius 1 is 0.922 bits per heavy atom. The van der Waals surface area contributed by atoms with Gasteiger partial charge >= 0.3 is 5.97 Å². The molecule has 6 rings (SSSR count). The predicted molar refractivity (Wildman–Crippen MR) is 191 cm³/mol. The van der Waals surface area contributed by atoms with Crippen molar-refractivity contribution in [2.45, 2.75) is 44.0 Å². The largest absolute Gasteiger partial charge is 0.508 e. The Hall–Kier alpha value is -5.29. The quantitative estimate of drug-likeness (QED) is 0.122. The fourth-order valence-corrected chi connectivity index (χ4v) is 6.83. The Morgan fingerprint density at radius 3 is 2.37 bits per heavy atom. The normalized spacial score (nSPS) is 16.3. The number of hydrogen-bond acceptors (Lipinski definition) is 8. The summed E-state index contributed by atoms with van der Waals surface area (Å²) in [5.41, 5.74) is 1.59. The molecule has 10 nitrogen and oxygen atoms in total. The molecule has 1 aliphatic carbocycles. The smallest absolute Gasteiger partial charge is 0.345 e. The van der Waals surface area contributed by atoms with Crippen molar-refractivity contribution >= 4 is 23.7 Å². The summed E-state index contributed by atoms with van der Waals surface area (Å²) in [5, 5.41) is 45.4. The molecule has 0 spiro atoms. The highest BCUT2D eigenvalue weighted by atomic mass is 16.5. The fourth-order valence-electron chi connectivity index (χ4n) is 6.83. The monoisotopic (exact) mass is 690 g/mol. The van der Waals surface area contributed by atoms with E-state index in [9.17, 15) is 34.8 Å². The Balaban J connectivity index is 0.945. The topological polar surface area (TPSA) is 157 Å². The van der Waals surface area contributed by atoms with Gasteiger partial charge in [0.15, 0.2) is 5.78 Å². The number of hydrogen-bond donors (Lipinski definition) is 5. The first-order valence-electron chi connectivity index (χ1n) is 17.2. The van der Waals surface area contributed by atoms with Crippen LogP contribution in [0.5, 0.6) is 11.5 Å². The molecule has 0 bridgehead atoms. The highest BCUT2D eigenvalue weighted by Crippen LogP contribution is 2.34. The van der Waals surface area contributed by atoms with Crippen molar-refractivity contribution in [1.82, 2.24) is 10.2 Å². The molecule has 1 aliphatic heterocycles. The number of ketones is 1. The van der Waals surface area contributed by atoms with Gasteiger partial charge in [-0.2, -0.15) is 0 Å². The first kappa shape index (κ1) is 35.5. The van der Waals surface area contributed by atoms with Crippen LogP contribution in [-0.2, 0) is 28.2 Å². The van der Waals surface area contributed by atoms with Gasteiger partial charge in [-0.05, 0) is 90.4 Å². The number of carbonyl (C=O) groups excluding carboxylic acids is 2. The molecule has 0 saturated carbocycles. The number of allylic oxidation sites excluding steroid dienone is 1. The molecule has 51 heavy (non-hydrogen) atoms. The maximum absolute atomic E-state index is 13.3. The number of carboxylic acids is 1. The number of aliphatic hydroxyl groups excluding tert-OH is 1. The van der Waals surface area contributed by atoms with Crippen LogP contribution in [0.25, 0.3) is 6.08 Å². The van der Waals surface area contributed by atoms with E-state index in [4.69, 9.17) is 4.74 Å². The zero-order valence-corrected chi connectivity index (χ0v) is 28.2. The van der Waals surface area contributed by atoms with Crippen LogP contribution in [0, 0.1) is 5.92 Å². The molecule has 0 aromatic heterocycles. The number of carboxylic acid groups (broad SMARTS) is 1. The lowest BCUT2D eigenvalue weighted by Crippen LogP contribution is -2.39. The van der Waals surface area contributed by atoms with Crippen molar-refractivity contribution in [1.29, 1.82) is 0 Å². The second-order valence-corrected chi connectivity index (χ2v) is 13.2. The summed E-state index contributed by atoms with van der Waals surface area (Å²) in [6, 6.07) is 25.1. The van der Waals surface area contributed by atoms with Gasteiger partial charge in [-0.25, -0.2) is 4.79 Å². The Labute approximate surface area is 296 Å². The number of aromatic hydroxyl groups is 1. The molecule has 264 valence electrons. The number of benzene rings is 4. The SMILES string of the molecule is O=C1C=Cc2c([C@@H](O)CNCCC3CCN(C(=O)c4ccc(COc5cccc([C@](O)(C(=O)O)c6ccccc6)c5)cc4)CC3)ccc(O)c2C1. The third-order valence-corrected chi connectivity index (χ3v) is 9.84. The van der Waals surface area contributed by atoms with E-state index in [0.717, 1.165) is 31.4 Å². The molecule has 0 radical (unpaired) electrons. The number of nitrogens with zero attached hydrogens (tertiary/aromatic N) is 1. The van der Waals surface area contributed by atoms with Crippen LogP contribution in [0.15, 0.2) is 97.1 Å². The van der Waals surface area contributed by atoms with E-state index >= 15 is 0 Å². The molecule has 4 aromatic carbocycles. The van der Waals surface area contributed by atoms with E-state index in [-0.39, 0.29) is 41.6 Å². The number of aliphatic carboxylic acids is 1. The number of phenols is 1. The van der Waals surface area contributed by atoms with Crippen molar-refractivity contribution < 1.29 is 39.5 Å². The Kier molecular flexibility index (Phi) is 11.0. The van der Waals surface area contributed by atoms with Gasteiger partial charge in [-0.1, -0.05) is 66.7 Å². The highest BCUT2D eigenvalue weighted by molar-refractivity contribution is 5.99. The van der Waals surface area contributed by atoms with Crippen LogP contribution in [-0.4, -0.2) is 69.2 Å². The third kappa shape index (κ3) is 8.04. The van der Waals surface area contributed by atoms with Crippen LogP contribution in [0.2, 0.25) is 0 Å². The summed E-state index contributed by atoms with van der Waals surface area (Å²) in [6.45, 7) is 2.62. The third-order valence-electron chi connectivity index (χ3n) is 9.84. The van der Waals surface area contributed by atoms with Crippen molar-refractivity contribution in [3.05, 3.63) is 136 Å². The lowest BCUT2D eigenvalue weighted by molar-refractivity contribution is -0.155. The zero-order chi connectivity index (χ0) is 36.0. The van der Waals surface area contributed by atoms with Crippen molar-refractivity contribution in [2.24, 2.45) is 5.92 Å². The van der Waals surface area contributed by atoms with Crippen LogP contribution in [0.1, 0.15) is 69.1 Å². The summed E-state index contributed by atoms with van der Waals surface area (Å²) >= 11 is 0. The van der Waals surface area contributed by atoms with E-state index in [1.165, 1.54) is 18.2 Å². The van der Waals surface area contributed by atoms with E-state index in [0.29, 0.717) is 53.6 Å². The molecular weight excluding hydrogens is 648 g/mol. The maximum Gasteiger partial charge on any atom is 0.345 e. The fraction of sp³-hybridized carbons (Fsp3) is 0.293. The van der Waals surface area contributed by atoms with Crippen LogP contribution in [0.3, 0.4) is 0 Å². The first-order chi connectivity index (χ1) is 24.6. The molecule has 2 atom stereocenters. The number of nitrogens with one attached hydrogen (secondary N) is 1. The number of fused-ring (bicyclic) bond motifs is 1. The molecule has 1 fully saturated rings. The maximum atomic E-state index is 13.3. The van der Waals surface area contributed by atoms with Crippen LogP contribution >= 0.6 is 0 Å². The molecule has 10 heteroatoms. The van der Waals surface area contributed by atoms with Gasteiger partial charge in [0.2, 0.25) is 5.60 Å². The number of likely N-dealkylation sites (tertiary alicyclic amines) is 1. The average molecular weight is 691 g/mol. The number of amides is 1. The molecule has 1 saturated heterocycles. The standard InChI is InChI=1S/C41H42N2O8/c44-32-13-14-34-35(15-16-37(45)36(34)24-32)38(46)25-42-20-17-27-18-21-43(22-19-27)39(47)29-11-9-28(10-12-29)26-51-33-8-4-7-31(23-33)41(50,40(48)49)30-5-2-1-3-6-30/h1-16,23,27,38,42,45-46,50H,17-22,24-26H2,(H,48,49)/t38-,41-/m0/s1. The lowest BCUT2D eigenvalue weighted by Gasteiger charge is -2.32. The summed E-state index contributed by atoms with van der Waals surface area (Å²) in [5.74, 6) is -0.537. The molecule has 4 aromatic rings. The summed E-state index contributed by atoms with van der Waals surface area (Å²) in [6.07, 6.45) is 5.22. The molecule has 2 aliphatic rings. The summed E-state index contributed by atoms with van der Waals surface area (Å²) in [7, 11) is 0. The van der Waals surface area contributed by atoms with Crippen LogP contribution < -0.4 is 10.1 Å². The number of piperidine rings is 1. The number of rotatable bonds is 13. The van der Waals surface area contributed by atoms with Gasteiger partial charge in [-0.3, -0.25) is 9.59 Å². The number of phenolic OH excluding ortho intramolecular Hbond substituents is 1. The predicted octanol–water partition coefficient (Wildman–Crippen LogP) is 5.00. The molecule has 1 amide bonds. The van der Waals surface area contributed by atoms with Crippen molar-refractivity contribution in [3.8, 4) is 11.5 Å². The minimum atomic E-state index is -2.23. The van der Waals surface area contributed by atoms with Gasteiger partial charge in [0.05, 0.1) is 6.10 Å². The van der Waals surface area contributed by atoms with E-state index in [1.54, 1.807) is 72.8 Å². The average Bonchev–Trinajstić information content (AvgIpc) is 3.16. The minimum absolute atomic E-state index is 0.0169. The van der Waals surface area contributed by atoms with Crippen LogP contribution in [0.4, 0.5) is 0 Å². The molecule has 0 unspecified atom stereocenters. The highest BCUT2D eigenvalue weighted by Gasteiger charge is 2.40. The molecule has 1 heterocycles. The number of aliphatic hydroxyl groups is 2. The molecular formula is C41H42N2O8. The van der Waals surface area contributed by atoms with Crippen molar-refractivity contribution in [3.63, 3.8) is 0 Å². The van der Waals surface area contributed by atoms with E-state index in [2.05, 4.69) is 5.32 Å². The van der Waals surface area contributed by atoms with Crippen molar-refractivity contribution in [2.75, 3.05) is 26.2 Å². The first-order valence-corrected chi connectivity index (χ1v) is 17.2.